The number of hydrogen-bond donors (Lipinski definition) is 0. The highest BCUT2D eigenvalue weighted by Gasteiger charge is 2.26. The molecular formula is C28H28N2O7S2. The lowest BCUT2D eigenvalue weighted by Crippen LogP contribution is -2.33. The number of anilines is 1. The molecule has 0 aliphatic rings. The van der Waals surface area contributed by atoms with Crippen LogP contribution < -0.4 is 15.1 Å². The fourth-order valence-electron chi connectivity index (χ4n) is 4.13. The van der Waals surface area contributed by atoms with Gasteiger partial charge >= 0.3 is 11.6 Å². The normalized spacial score (nSPS) is 12.3. The number of nitrogens with zero attached hydrogens (tertiary/aromatic N) is 2. The zero-order valence-electron chi connectivity index (χ0n) is 21.7. The van der Waals surface area contributed by atoms with E-state index in [1.165, 1.54) is 11.3 Å². The van der Waals surface area contributed by atoms with Gasteiger partial charge in [-0.2, -0.15) is 0 Å². The predicted molar refractivity (Wildman–Crippen MR) is 149 cm³/mol. The van der Waals surface area contributed by atoms with Gasteiger partial charge in [0.15, 0.2) is 12.4 Å². The summed E-state index contributed by atoms with van der Waals surface area (Å²) in [5.74, 6) is -1.06. The summed E-state index contributed by atoms with van der Waals surface area (Å²) in [6, 6.07) is 14.3. The Labute approximate surface area is 230 Å². The molecule has 0 N–H and O–H groups in total. The fourth-order valence-corrected chi connectivity index (χ4v) is 5.40. The standard InChI is InChI=1S/C28H28N2O7S2/c1-4-36-28(32)25(19-10-13-30(14-11-19)12-6-16-39(33,34)35)26(24-7-5-15-38-24)22-17-20-8-9-21(29(2)3)18-23(20)37-27(22)31/h5,7-11,13-15,17-18H,4,6,12,16H2,1-3H3. The van der Waals surface area contributed by atoms with Crippen molar-refractivity contribution >= 4 is 55.2 Å². The van der Waals surface area contributed by atoms with Crippen LogP contribution in [0.1, 0.15) is 29.3 Å². The number of thiophene rings is 1. The number of hydrogen-bond acceptors (Lipinski definition) is 9. The van der Waals surface area contributed by atoms with Crippen molar-refractivity contribution in [3.05, 3.63) is 92.7 Å². The van der Waals surface area contributed by atoms with Gasteiger partial charge in [-0.1, -0.05) is 6.07 Å². The molecule has 0 bridgehead atoms. The summed E-state index contributed by atoms with van der Waals surface area (Å²) < 4.78 is 45.6. The van der Waals surface area contributed by atoms with Gasteiger partial charge in [-0.05, 0) is 36.6 Å². The summed E-state index contributed by atoms with van der Waals surface area (Å²) in [5, 5.41) is 2.55. The second-order valence-electron chi connectivity index (χ2n) is 8.95. The fraction of sp³-hybridized carbons (Fsp3) is 0.250. The highest BCUT2D eigenvalue weighted by Crippen LogP contribution is 2.35. The zero-order valence-corrected chi connectivity index (χ0v) is 23.4. The van der Waals surface area contributed by atoms with Crippen LogP contribution in [0, 0.1) is 0 Å². The van der Waals surface area contributed by atoms with Crippen molar-refractivity contribution in [1.82, 2.24) is 0 Å². The number of aryl methyl sites for hydroxylation is 1. The Morgan fingerprint density at radius 1 is 1.13 bits per heavy atom. The Morgan fingerprint density at radius 2 is 1.87 bits per heavy atom. The van der Waals surface area contributed by atoms with Gasteiger partial charge < -0.3 is 18.6 Å². The van der Waals surface area contributed by atoms with Crippen molar-refractivity contribution in [1.29, 1.82) is 0 Å². The molecule has 0 radical (unpaired) electrons. The zero-order chi connectivity index (χ0) is 28.2. The first-order valence-electron chi connectivity index (χ1n) is 12.2. The maximum atomic E-state index is 13.4. The third-order valence-corrected chi connectivity index (χ3v) is 7.67. The van der Waals surface area contributed by atoms with E-state index in [2.05, 4.69) is 0 Å². The molecule has 0 saturated carbocycles. The van der Waals surface area contributed by atoms with Crippen LogP contribution in [0.15, 0.2) is 75.5 Å². The molecule has 0 amide bonds. The van der Waals surface area contributed by atoms with E-state index in [-0.39, 0.29) is 24.2 Å². The van der Waals surface area contributed by atoms with Gasteiger partial charge in [-0.15, -0.1) is 11.3 Å². The van der Waals surface area contributed by atoms with E-state index in [0.29, 0.717) is 33.5 Å². The van der Waals surface area contributed by atoms with Crippen LogP contribution in [0.3, 0.4) is 0 Å². The topological polar surface area (TPSA) is 121 Å². The van der Waals surface area contributed by atoms with E-state index in [1.54, 1.807) is 48.1 Å². The monoisotopic (exact) mass is 568 g/mol. The van der Waals surface area contributed by atoms with E-state index in [9.17, 15) is 22.6 Å². The first kappa shape index (κ1) is 28.2. The lowest BCUT2D eigenvalue weighted by molar-refractivity contribution is -0.696. The second kappa shape index (κ2) is 11.9. The van der Waals surface area contributed by atoms with Gasteiger partial charge in [0.05, 0.1) is 27.9 Å². The van der Waals surface area contributed by atoms with Crippen LogP contribution in [0.4, 0.5) is 5.69 Å². The number of carbonyl (C=O) groups is 1. The number of esters is 1. The highest BCUT2D eigenvalue weighted by atomic mass is 32.2. The molecule has 204 valence electrons. The summed E-state index contributed by atoms with van der Waals surface area (Å²) in [4.78, 5) is 29.4. The second-order valence-corrected chi connectivity index (χ2v) is 11.4. The van der Waals surface area contributed by atoms with Crippen LogP contribution in [-0.2, 0) is 26.2 Å². The average Bonchev–Trinajstić information content (AvgIpc) is 3.41. The minimum Gasteiger partial charge on any atom is -0.748 e. The van der Waals surface area contributed by atoms with Gasteiger partial charge in [-0.3, -0.25) is 0 Å². The largest absolute Gasteiger partial charge is 0.748 e. The molecule has 3 heterocycles. The molecule has 9 nitrogen and oxygen atoms in total. The van der Waals surface area contributed by atoms with E-state index >= 15 is 0 Å². The summed E-state index contributed by atoms with van der Waals surface area (Å²) in [6.07, 6.45) is 3.53. The third kappa shape index (κ3) is 6.80. The Bertz CT molecular complexity index is 1670. The van der Waals surface area contributed by atoms with Crippen molar-refractivity contribution in [2.75, 3.05) is 31.4 Å². The lowest BCUT2D eigenvalue weighted by atomic mass is 9.94. The molecule has 39 heavy (non-hydrogen) atoms. The molecule has 0 atom stereocenters. The van der Waals surface area contributed by atoms with Gasteiger partial charge in [0.2, 0.25) is 0 Å². The molecule has 0 aliphatic carbocycles. The minimum atomic E-state index is -4.30. The lowest BCUT2D eigenvalue weighted by Gasteiger charge is -2.15. The maximum absolute atomic E-state index is 13.4. The predicted octanol–water partition coefficient (Wildman–Crippen LogP) is 3.67. The Hall–Kier alpha value is -3.80. The summed E-state index contributed by atoms with van der Waals surface area (Å²) in [5.41, 5.74) is 2.05. The van der Waals surface area contributed by atoms with Crippen LogP contribution in [0.5, 0.6) is 0 Å². The Morgan fingerprint density at radius 3 is 2.49 bits per heavy atom. The molecule has 11 heteroatoms. The van der Waals surface area contributed by atoms with Gasteiger partial charge in [0.1, 0.15) is 12.1 Å². The van der Waals surface area contributed by atoms with E-state index < -0.39 is 27.5 Å². The van der Waals surface area contributed by atoms with E-state index in [4.69, 9.17) is 9.15 Å². The molecule has 3 aromatic heterocycles. The van der Waals surface area contributed by atoms with Crippen molar-refractivity contribution < 1.29 is 31.5 Å². The number of aromatic nitrogens is 1. The van der Waals surface area contributed by atoms with Crippen LogP contribution in [-0.4, -0.2) is 45.4 Å². The molecule has 0 saturated heterocycles. The number of benzene rings is 1. The Balaban J connectivity index is 1.88. The molecule has 4 rings (SSSR count). The number of ether oxygens (including phenoxy) is 1. The summed E-state index contributed by atoms with van der Waals surface area (Å²) >= 11 is 1.38. The molecule has 0 fully saturated rings. The first-order chi connectivity index (χ1) is 18.6. The van der Waals surface area contributed by atoms with Crippen molar-refractivity contribution in [3.63, 3.8) is 0 Å². The van der Waals surface area contributed by atoms with Crippen LogP contribution >= 0.6 is 11.3 Å². The van der Waals surface area contributed by atoms with E-state index in [0.717, 1.165) is 5.69 Å². The van der Waals surface area contributed by atoms with Gasteiger partial charge in [0, 0.05) is 71.6 Å². The number of rotatable bonds is 10. The van der Waals surface area contributed by atoms with Gasteiger partial charge in [0.25, 0.3) is 0 Å². The molecule has 0 spiro atoms. The van der Waals surface area contributed by atoms with Crippen LogP contribution in [0.2, 0.25) is 0 Å². The quantitative estimate of drug-likeness (QED) is 0.0934. The van der Waals surface area contributed by atoms with Crippen molar-refractivity contribution in [2.45, 2.75) is 19.9 Å². The first-order valence-corrected chi connectivity index (χ1v) is 14.7. The molecular weight excluding hydrogens is 540 g/mol. The van der Waals surface area contributed by atoms with Crippen molar-refractivity contribution in [3.8, 4) is 0 Å². The SMILES string of the molecule is CCOC(=O)/C(=C(/c1cccs1)c1cc2ccc(N(C)C)cc2oc1=O)c1cc[n+](CCCS(=O)(=O)[O-])cc1. The molecule has 0 unspecified atom stereocenters. The van der Waals surface area contributed by atoms with Gasteiger partial charge in [-0.25, -0.2) is 22.6 Å². The molecule has 1 aromatic carbocycles. The number of pyridine rings is 1. The number of carbonyl (C=O) groups excluding carboxylic acids is 1. The van der Waals surface area contributed by atoms with Crippen LogP contribution in [0.25, 0.3) is 22.1 Å². The molecule has 0 aliphatic heterocycles. The molecule has 4 aromatic rings. The third-order valence-electron chi connectivity index (χ3n) is 5.99. The van der Waals surface area contributed by atoms with E-state index in [1.807, 2.05) is 48.6 Å². The summed E-state index contributed by atoms with van der Waals surface area (Å²) in [6.45, 7) is 2.15. The number of fused-ring (bicyclic) bond motifs is 1. The smallest absolute Gasteiger partial charge is 0.344 e. The maximum Gasteiger partial charge on any atom is 0.344 e. The average molecular weight is 569 g/mol. The van der Waals surface area contributed by atoms with Crippen molar-refractivity contribution in [2.24, 2.45) is 0 Å². The minimum absolute atomic E-state index is 0.135. The summed E-state index contributed by atoms with van der Waals surface area (Å²) in [7, 11) is -0.509. The highest BCUT2D eigenvalue weighted by molar-refractivity contribution is 7.85. The Kier molecular flexibility index (Phi) is 8.63.